The lowest BCUT2D eigenvalue weighted by molar-refractivity contribution is 0.0337. The number of anilines is 2. The fourth-order valence-electron chi connectivity index (χ4n) is 4.73. The number of hydrogen-bond donors (Lipinski definition) is 1. The van der Waals surface area contributed by atoms with Gasteiger partial charge in [-0.25, -0.2) is 14.2 Å². The van der Waals surface area contributed by atoms with Crippen LogP contribution in [0.3, 0.4) is 0 Å². The number of nitrogens with zero attached hydrogens (tertiary/aromatic N) is 4. The third kappa shape index (κ3) is 3.77. The molecule has 5 rings (SSSR count). The summed E-state index contributed by atoms with van der Waals surface area (Å²) >= 11 is 6.48. The average molecular weight is 488 g/mol. The van der Waals surface area contributed by atoms with Gasteiger partial charge < -0.3 is 14.5 Å². The minimum atomic E-state index is -0.540. The minimum absolute atomic E-state index is 0.0230. The molecule has 8 nitrogen and oxygen atoms in total. The lowest BCUT2D eigenvalue weighted by Gasteiger charge is -2.37. The maximum Gasteiger partial charge on any atom is 0.329 e. The third-order valence-corrected chi connectivity index (χ3v) is 6.82. The van der Waals surface area contributed by atoms with Crippen molar-refractivity contribution in [2.24, 2.45) is 0 Å². The summed E-state index contributed by atoms with van der Waals surface area (Å²) < 4.78 is 26.0. The maximum atomic E-state index is 15.2. The number of fused-ring (bicyclic) bond motifs is 3. The Bertz CT molecular complexity index is 1260. The first-order chi connectivity index (χ1) is 16.4. The number of hydrogen-bond acceptors (Lipinski definition) is 5. The van der Waals surface area contributed by atoms with E-state index >= 15 is 4.39 Å². The SMILES string of the molecule is CCN1C(=O)N(c2c(F)c(C)cc(OC)c2Cl)Cc2cnc3[nH]c(CN4CCOCC4)cc3c21. The zero-order chi connectivity index (χ0) is 24.0. The van der Waals surface area contributed by atoms with Gasteiger partial charge in [0.1, 0.15) is 22.1 Å². The second kappa shape index (κ2) is 9.05. The molecule has 4 heterocycles. The van der Waals surface area contributed by atoms with Crippen LogP contribution in [0.25, 0.3) is 11.0 Å². The molecule has 0 bridgehead atoms. The molecule has 0 unspecified atom stereocenters. The molecule has 1 fully saturated rings. The standard InChI is InChI=1S/C24H27ClFN5O3/c1-4-30-21-15(11-27-23-17(21)10-16(28-23)13-29-5-7-34-8-6-29)12-31(24(30)32)22-19(25)18(33-3)9-14(2)20(22)26/h9-11H,4-8,12-13H2,1-3H3,(H,27,28). The molecule has 1 N–H and O–H groups in total. The molecule has 0 atom stereocenters. The molecule has 2 aliphatic rings. The van der Waals surface area contributed by atoms with Crippen LogP contribution in [0.15, 0.2) is 18.3 Å². The van der Waals surface area contributed by atoms with Crippen molar-refractivity contribution in [3.8, 4) is 5.75 Å². The zero-order valence-electron chi connectivity index (χ0n) is 19.5. The van der Waals surface area contributed by atoms with E-state index in [0.29, 0.717) is 17.9 Å². The normalized spacial score (nSPS) is 16.9. The van der Waals surface area contributed by atoms with Gasteiger partial charge in [0.15, 0.2) is 5.82 Å². The summed E-state index contributed by atoms with van der Waals surface area (Å²) in [6.45, 7) is 8.05. The first kappa shape index (κ1) is 22.9. The van der Waals surface area contributed by atoms with Crippen LogP contribution in [-0.4, -0.2) is 60.9 Å². The average Bonchev–Trinajstić information content (AvgIpc) is 3.25. The van der Waals surface area contributed by atoms with Crippen LogP contribution in [0.1, 0.15) is 23.7 Å². The molecule has 2 aromatic heterocycles. The van der Waals surface area contributed by atoms with E-state index in [4.69, 9.17) is 21.1 Å². The first-order valence-corrected chi connectivity index (χ1v) is 11.7. The Balaban J connectivity index is 1.56. The van der Waals surface area contributed by atoms with Gasteiger partial charge in [-0.2, -0.15) is 0 Å². The van der Waals surface area contributed by atoms with Gasteiger partial charge in [0.25, 0.3) is 0 Å². The number of rotatable bonds is 5. The Kier molecular flexibility index (Phi) is 6.09. The fraction of sp³-hybridized carbons (Fsp3) is 0.417. The highest BCUT2D eigenvalue weighted by molar-refractivity contribution is 6.35. The number of morpholine rings is 1. The van der Waals surface area contributed by atoms with Crippen molar-refractivity contribution in [3.63, 3.8) is 0 Å². The number of carbonyl (C=O) groups excluding carboxylic acids is 1. The topological polar surface area (TPSA) is 73.9 Å². The monoisotopic (exact) mass is 487 g/mol. The van der Waals surface area contributed by atoms with Gasteiger partial charge >= 0.3 is 6.03 Å². The molecule has 2 aliphatic heterocycles. The largest absolute Gasteiger partial charge is 0.495 e. The molecule has 2 amide bonds. The molecular weight excluding hydrogens is 461 g/mol. The molecule has 3 aromatic rings. The first-order valence-electron chi connectivity index (χ1n) is 11.3. The number of ether oxygens (including phenoxy) is 2. The van der Waals surface area contributed by atoms with Gasteiger partial charge in [0.2, 0.25) is 0 Å². The number of aromatic nitrogens is 2. The predicted octanol–water partition coefficient (Wildman–Crippen LogP) is 4.47. The molecule has 10 heteroatoms. The van der Waals surface area contributed by atoms with Crippen molar-refractivity contribution in [2.75, 3.05) is 49.8 Å². The molecule has 1 saturated heterocycles. The van der Waals surface area contributed by atoms with E-state index in [-0.39, 0.29) is 23.3 Å². The van der Waals surface area contributed by atoms with Crippen molar-refractivity contribution in [3.05, 3.63) is 46.0 Å². The van der Waals surface area contributed by atoms with E-state index in [1.54, 1.807) is 18.0 Å². The number of aromatic amines is 1. The Morgan fingerprint density at radius 2 is 2.03 bits per heavy atom. The summed E-state index contributed by atoms with van der Waals surface area (Å²) in [7, 11) is 1.47. The number of nitrogens with one attached hydrogen (secondary N) is 1. The molecule has 1 aromatic carbocycles. The lowest BCUT2D eigenvalue weighted by Crippen LogP contribution is -2.48. The van der Waals surface area contributed by atoms with Crippen LogP contribution in [0.4, 0.5) is 20.6 Å². The third-order valence-electron chi connectivity index (χ3n) is 6.45. The molecule has 0 radical (unpaired) electrons. The lowest BCUT2D eigenvalue weighted by atomic mass is 10.1. The quantitative estimate of drug-likeness (QED) is 0.574. The van der Waals surface area contributed by atoms with Crippen LogP contribution < -0.4 is 14.5 Å². The molecule has 0 aliphatic carbocycles. The van der Waals surface area contributed by atoms with E-state index in [9.17, 15) is 4.79 Å². The summed E-state index contributed by atoms with van der Waals surface area (Å²) in [6, 6.07) is 3.25. The Labute approximate surface area is 202 Å². The van der Waals surface area contributed by atoms with Crippen LogP contribution in [-0.2, 0) is 17.8 Å². The number of aryl methyl sites for hydroxylation is 1. The zero-order valence-corrected chi connectivity index (χ0v) is 20.2. The van der Waals surface area contributed by atoms with Crippen LogP contribution >= 0.6 is 11.6 Å². The van der Waals surface area contributed by atoms with Gasteiger partial charge in [-0.1, -0.05) is 11.6 Å². The number of methoxy groups -OCH3 is 1. The maximum absolute atomic E-state index is 15.2. The summed E-state index contributed by atoms with van der Waals surface area (Å²) in [5.74, 6) is -0.216. The van der Waals surface area contributed by atoms with Crippen molar-refractivity contribution in [2.45, 2.75) is 26.9 Å². The number of H-pyrrole nitrogens is 1. The minimum Gasteiger partial charge on any atom is -0.495 e. The summed E-state index contributed by atoms with van der Waals surface area (Å²) in [5.41, 5.74) is 3.75. The van der Waals surface area contributed by atoms with Crippen molar-refractivity contribution in [1.29, 1.82) is 0 Å². The molecule has 0 spiro atoms. The van der Waals surface area contributed by atoms with E-state index in [0.717, 1.165) is 60.8 Å². The van der Waals surface area contributed by atoms with Crippen molar-refractivity contribution in [1.82, 2.24) is 14.9 Å². The Morgan fingerprint density at radius 1 is 1.26 bits per heavy atom. The number of pyridine rings is 1. The number of carbonyl (C=O) groups is 1. The highest BCUT2D eigenvalue weighted by atomic mass is 35.5. The van der Waals surface area contributed by atoms with Crippen molar-refractivity contribution >= 4 is 40.0 Å². The number of halogens is 2. The van der Waals surface area contributed by atoms with Crippen LogP contribution in [0, 0.1) is 12.7 Å². The molecule has 34 heavy (non-hydrogen) atoms. The van der Waals surface area contributed by atoms with Gasteiger partial charge in [-0.05, 0) is 31.5 Å². The Hall–Kier alpha value is -2.88. The summed E-state index contributed by atoms with van der Waals surface area (Å²) in [6.07, 6.45) is 1.74. The van der Waals surface area contributed by atoms with Gasteiger partial charge in [-0.15, -0.1) is 0 Å². The number of amides is 2. The van der Waals surface area contributed by atoms with E-state index < -0.39 is 5.82 Å². The predicted molar refractivity (Wildman–Crippen MR) is 129 cm³/mol. The smallest absolute Gasteiger partial charge is 0.329 e. The van der Waals surface area contributed by atoms with Crippen LogP contribution in [0.5, 0.6) is 5.75 Å². The van der Waals surface area contributed by atoms with E-state index in [1.165, 1.54) is 18.1 Å². The van der Waals surface area contributed by atoms with Gasteiger partial charge in [0.05, 0.1) is 32.6 Å². The van der Waals surface area contributed by atoms with E-state index in [1.807, 2.05) is 6.92 Å². The van der Waals surface area contributed by atoms with Crippen molar-refractivity contribution < 1.29 is 18.7 Å². The second-order valence-corrected chi connectivity index (χ2v) is 8.94. The Morgan fingerprint density at radius 3 is 2.74 bits per heavy atom. The highest BCUT2D eigenvalue weighted by Crippen LogP contribution is 2.43. The van der Waals surface area contributed by atoms with Gasteiger partial charge in [-0.3, -0.25) is 14.7 Å². The highest BCUT2D eigenvalue weighted by Gasteiger charge is 2.36. The number of benzene rings is 1. The fourth-order valence-corrected chi connectivity index (χ4v) is 5.05. The molecule has 180 valence electrons. The molecular formula is C24H27ClFN5O3. The number of urea groups is 1. The van der Waals surface area contributed by atoms with Gasteiger partial charge in [0, 0.05) is 49.0 Å². The van der Waals surface area contributed by atoms with Crippen LogP contribution in [0.2, 0.25) is 5.02 Å². The summed E-state index contributed by atoms with van der Waals surface area (Å²) in [4.78, 5) is 27.0. The van der Waals surface area contributed by atoms with E-state index in [2.05, 4.69) is 20.9 Å². The summed E-state index contributed by atoms with van der Waals surface area (Å²) in [5, 5.41) is 0.950. The second-order valence-electron chi connectivity index (χ2n) is 8.56. The molecule has 0 saturated carbocycles.